The molecule has 186 valence electrons. The van der Waals surface area contributed by atoms with Gasteiger partial charge in [-0.2, -0.15) is 0 Å². The van der Waals surface area contributed by atoms with Crippen molar-refractivity contribution in [3.63, 3.8) is 0 Å². The van der Waals surface area contributed by atoms with E-state index in [9.17, 15) is 9.59 Å². The molecule has 1 heterocycles. The minimum absolute atomic E-state index is 0.199. The first-order valence-electron chi connectivity index (χ1n) is 11.9. The van der Waals surface area contributed by atoms with Crippen LogP contribution in [-0.2, 0) is 25.5 Å². The van der Waals surface area contributed by atoms with Crippen LogP contribution in [0.2, 0.25) is 5.02 Å². The number of rotatable bonds is 11. The van der Waals surface area contributed by atoms with Crippen LogP contribution < -0.4 is 10.6 Å². The highest BCUT2D eigenvalue weighted by atomic mass is 35.5. The summed E-state index contributed by atoms with van der Waals surface area (Å²) in [4.78, 5) is 25.2. The Morgan fingerprint density at radius 3 is 2.53 bits per heavy atom. The van der Waals surface area contributed by atoms with Gasteiger partial charge >= 0.3 is 0 Å². The molecule has 2 rings (SSSR count). The fourth-order valence-electron chi connectivity index (χ4n) is 3.55. The average Bonchev–Trinajstić information content (AvgIpc) is 2.85. The molecule has 0 bridgehead atoms. The zero-order chi connectivity index (χ0) is 24.9. The van der Waals surface area contributed by atoms with Crippen molar-refractivity contribution >= 4 is 23.4 Å². The second-order valence-electron chi connectivity index (χ2n) is 8.39. The van der Waals surface area contributed by atoms with Gasteiger partial charge in [0.1, 0.15) is 0 Å². The molecule has 0 aliphatic carbocycles. The molecule has 6 nitrogen and oxygen atoms in total. The third-order valence-electron chi connectivity index (χ3n) is 5.71. The lowest BCUT2D eigenvalue weighted by atomic mass is 9.96. The van der Waals surface area contributed by atoms with Crippen molar-refractivity contribution in [1.29, 1.82) is 0 Å². The first-order valence-corrected chi connectivity index (χ1v) is 12.3. The van der Waals surface area contributed by atoms with Gasteiger partial charge in [-0.15, -0.1) is 0 Å². The molecule has 0 radical (unpaired) electrons. The Morgan fingerprint density at radius 1 is 1.15 bits per heavy atom. The van der Waals surface area contributed by atoms with Crippen molar-refractivity contribution in [3.05, 3.63) is 69.3 Å². The molecule has 1 fully saturated rings. The molecular formula is C27H37ClN2O4. The number of amides is 2. The third-order valence-corrected chi connectivity index (χ3v) is 5.94. The molecule has 0 spiro atoms. The van der Waals surface area contributed by atoms with Crippen LogP contribution in [0.5, 0.6) is 0 Å². The van der Waals surface area contributed by atoms with Gasteiger partial charge in [0.05, 0.1) is 13.2 Å². The standard InChI is InChI=1S/C27H37ClN2O4/c1-5-19(2)22(16-21-9-6-10-24(28)17-21)18-23(15-20(3)26(31)29-4)27(32)30-12-7-11-25-33-13-8-14-34-25/h6,9-10,15,17-18,25H,5,7-8,11-14,16H2,1-4H3,(H,29,31)(H,30,32)/b20-15+,22-19+,23-18+. The average molecular weight is 489 g/mol. The summed E-state index contributed by atoms with van der Waals surface area (Å²) in [7, 11) is 1.57. The second kappa shape index (κ2) is 14.8. The summed E-state index contributed by atoms with van der Waals surface area (Å²) in [6, 6.07) is 7.71. The summed E-state index contributed by atoms with van der Waals surface area (Å²) in [5.74, 6) is -0.445. The maximum Gasteiger partial charge on any atom is 0.251 e. The number of carbonyl (C=O) groups is 2. The summed E-state index contributed by atoms with van der Waals surface area (Å²) in [5, 5.41) is 6.27. The van der Waals surface area contributed by atoms with Crippen molar-refractivity contribution in [3.8, 4) is 0 Å². The topological polar surface area (TPSA) is 76.7 Å². The van der Waals surface area contributed by atoms with Crippen molar-refractivity contribution in [2.75, 3.05) is 26.8 Å². The summed E-state index contributed by atoms with van der Waals surface area (Å²) in [6.07, 6.45) is 7.19. The van der Waals surface area contributed by atoms with Crippen LogP contribution in [0, 0.1) is 0 Å². The zero-order valence-corrected chi connectivity index (χ0v) is 21.5. The summed E-state index contributed by atoms with van der Waals surface area (Å²) in [6.45, 7) is 7.77. The van der Waals surface area contributed by atoms with Crippen LogP contribution in [0.1, 0.15) is 52.0 Å². The van der Waals surface area contributed by atoms with Crippen molar-refractivity contribution in [1.82, 2.24) is 10.6 Å². The number of allylic oxidation sites excluding steroid dienone is 3. The number of benzene rings is 1. The number of hydrogen-bond acceptors (Lipinski definition) is 4. The molecule has 1 aromatic carbocycles. The molecule has 2 amide bonds. The Morgan fingerprint density at radius 2 is 1.88 bits per heavy atom. The van der Waals surface area contributed by atoms with Gasteiger partial charge in [0.2, 0.25) is 5.91 Å². The molecule has 34 heavy (non-hydrogen) atoms. The van der Waals surface area contributed by atoms with Crippen LogP contribution >= 0.6 is 11.6 Å². The maximum absolute atomic E-state index is 13.1. The lowest BCUT2D eigenvalue weighted by Crippen LogP contribution is -2.29. The minimum Gasteiger partial charge on any atom is -0.355 e. The number of halogens is 1. The predicted molar refractivity (Wildman–Crippen MR) is 137 cm³/mol. The number of carbonyl (C=O) groups excluding carboxylic acids is 2. The highest BCUT2D eigenvalue weighted by molar-refractivity contribution is 6.30. The van der Waals surface area contributed by atoms with Crippen LogP contribution in [0.25, 0.3) is 0 Å². The Labute approximate surface area is 208 Å². The van der Waals surface area contributed by atoms with E-state index < -0.39 is 0 Å². The van der Waals surface area contributed by atoms with E-state index in [2.05, 4.69) is 24.5 Å². The van der Waals surface area contributed by atoms with Crippen LogP contribution in [-0.4, -0.2) is 44.9 Å². The molecule has 1 aliphatic heterocycles. The first-order chi connectivity index (χ1) is 16.3. The number of ether oxygens (including phenoxy) is 2. The monoisotopic (exact) mass is 488 g/mol. The van der Waals surface area contributed by atoms with E-state index in [1.54, 1.807) is 20.0 Å². The van der Waals surface area contributed by atoms with E-state index in [4.69, 9.17) is 21.1 Å². The Bertz CT molecular complexity index is 930. The Kier molecular flexibility index (Phi) is 12.1. The molecule has 0 saturated carbocycles. The van der Waals surface area contributed by atoms with Gasteiger partial charge in [-0.3, -0.25) is 9.59 Å². The van der Waals surface area contributed by atoms with E-state index in [0.717, 1.165) is 36.8 Å². The quantitative estimate of drug-likeness (QED) is 0.264. The predicted octanol–water partition coefficient (Wildman–Crippen LogP) is 4.89. The van der Waals surface area contributed by atoms with Crippen molar-refractivity contribution in [2.45, 2.75) is 59.2 Å². The lowest BCUT2D eigenvalue weighted by Gasteiger charge is -2.23. The molecule has 1 aliphatic rings. The molecule has 0 atom stereocenters. The minimum atomic E-state index is -0.224. The van der Waals surface area contributed by atoms with E-state index in [1.807, 2.05) is 30.3 Å². The molecule has 2 N–H and O–H groups in total. The SMILES string of the molecule is CC/C(C)=C(/C=C(\C=C(/C)C(=O)NC)C(=O)NCCCC1OCCCO1)Cc1cccc(Cl)c1. The Hall–Kier alpha value is -2.41. The van der Waals surface area contributed by atoms with Gasteiger partial charge in [-0.1, -0.05) is 36.2 Å². The fourth-order valence-corrected chi connectivity index (χ4v) is 3.76. The maximum atomic E-state index is 13.1. The third kappa shape index (κ3) is 9.45. The van der Waals surface area contributed by atoms with Crippen molar-refractivity contribution < 1.29 is 19.1 Å². The second-order valence-corrected chi connectivity index (χ2v) is 8.83. The number of likely N-dealkylation sites (N-methyl/N-ethyl adjacent to an activating group) is 1. The van der Waals surface area contributed by atoms with E-state index in [0.29, 0.717) is 42.3 Å². The van der Waals surface area contributed by atoms with Gasteiger partial charge < -0.3 is 20.1 Å². The van der Waals surface area contributed by atoms with E-state index in [1.165, 1.54) is 5.57 Å². The van der Waals surface area contributed by atoms with Crippen LogP contribution in [0.4, 0.5) is 0 Å². The van der Waals surface area contributed by atoms with E-state index in [-0.39, 0.29) is 18.1 Å². The zero-order valence-electron chi connectivity index (χ0n) is 20.7. The number of hydrogen-bond donors (Lipinski definition) is 2. The van der Waals surface area contributed by atoms with Gasteiger partial charge in [0.15, 0.2) is 6.29 Å². The lowest BCUT2D eigenvalue weighted by molar-refractivity contribution is -0.181. The van der Waals surface area contributed by atoms with Gasteiger partial charge in [-0.05, 0) is 75.0 Å². The normalized spacial score (nSPS) is 16.1. The number of nitrogens with one attached hydrogen (secondary N) is 2. The highest BCUT2D eigenvalue weighted by Gasteiger charge is 2.15. The Balaban J connectivity index is 2.21. The molecule has 1 saturated heterocycles. The molecule has 0 aromatic heterocycles. The van der Waals surface area contributed by atoms with Crippen molar-refractivity contribution in [2.24, 2.45) is 0 Å². The molecule has 7 heteroatoms. The fraction of sp³-hybridized carbons (Fsp3) is 0.481. The summed E-state index contributed by atoms with van der Waals surface area (Å²) >= 11 is 6.18. The van der Waals surface area contributed by atoms with E-state index >= 15 is 0 Å². The molecule has 0 unspecified atom stereocenters. The largest absolute Gasteiger partial charge is 0.355 e. The molecular weight excluding hydrogens is 452 g/mol. The van der Waals surface area contributed by atoms with Crippen LogP contribution in [0.3, 0.4) is 0 Å². The summed E-state index contributed by atoms with van der Waals surface area (Å²) < 4.78 is 11.1. The van der Waals surface area contributed by atoms with Gasteiger partial charge in [0, 0.05) is 36.2 Å². The van der Waals surface area contributed by atoms with Gasteiger partial charge in [0.25, 0.3) is 5.91 Å². The molecule has 1 aromatic rings. The summed E-state index contributed by atoms with van der Waals surface area (Å²) in [5.41, 5.74) is 4.16. The highest BCUT2D eigenvalue weighted by Crippen LogP contribution is 2.21. The first kappa shape index (κ1) is 27.8. The van der Waals surface area contributed by atoms with Crippen LogP contribution in [0.15, 0.2) is 58.7 Å². The van der Waals surface area contributed by atoms with Gasteiger partial charge in [-0.25, -0.2) is 0 Å². The smallest absolute Gasteiger partial charge is 0.251 e.